The lowest BCUT2D eigenvalue weighted by atomic mass is 9.81. The molecule has 0 saturated heterocycles. The zero-order chi connectivity index (χ0) is 81.9. The molecule has 27 rings (SSSR count). The maximum absolute atomic E-state index is 6.54. The smallest absolute Gasteiger partial charge is 0.143 e. The van der Waals surface area contributed by atoms with Gasteiger partial charge in [-0.1, -0.05) is 302 Å². The van der Waals surface area contributed by atoms with Gasteiger partial charge in [0.1, 0.15) is 33.5 Å². The average Bonchev–Trinajstić information content (AvgIpc) is 1.55. The van der Waals surface area contributed by atoms with Crippen LogP contribution in [0.25, 0.3) is 215 Å². The van der Waals surface area contributed by atoms with E-state index in [1.54, 1.807) is 0 Å². The zero-order valence-electron chi connectivity index (χ0n) is 68.9. The fourth-order valence-electron chi connectivity index (χ4n) is 21.6. The van der Waals surface area contributed by atoms with Crippen molar-refractivity contribution >= 4 is 131 Å². The maximum Gasteiger partial charge on any atom is 0.143 e. The molecule has 0 fully saturated rings. The molecule has 0 atom stereocenters. The van der Waals surface area contributed by atoms with Crippen LogP contribution in [0.4, 0.5) is 0 Å². The van der Waals surface area contributed by atoms with E-state index in [-0.39, 0.29) is 16.2 Å². The van der Waals surface area contributed by atoms with E-state index in [4.69, 9.17) is 13.3 Å². The van der Waals surface area contributed by atoms with Crippen LogP contribution in [0, 0.1) is 0 Å². The molecule has 0 saturated carbocycles. The molecule has 0 bridgehead atoms. The number of furan rings is 3. The van der Waals surface area contributed by atoms with E-state index >= 15 is 0 Å². The number of rotatable bonds is 6. The summed E-state index contributed by atoms with van der Waals surface area (Å²) in [6, 6.07) is 139. The number of aromatic nitrogens is 3. The standard InChI is InChI=1S/3C39H27NO/c1-39(2)32-19-16-24(23-31(32)37-33(39)20-18-29-28-13-7-9-15-36(28)41-38(29)37)25-17-21-35-30(22-25)27-12-6-8-14-34(27)40(35)26-10-4-3-5-11-26;1-39(2)32-20-19-29-28-13-7-9-15-36(28)41-38(29)37(32)30-18-16-25(23-33(30)39)24-17-21-35-31(22-24)27-12-6-8-14-34(27)40(35)26-10-4-3-5-11-26;1-39(2)32-21-20-30-29-13-7-9-15-36(29)41-38(30)37(32)31-19-17-24(22-33(31)39)25-16-18-28-27-12-6-8-14-34(27)40(35(28)23-25)26-10-4-3-5-11-26/h3*3-23H,1-2H3. The highest BCUT2D eigenvalue weighted by molar-refractivity contribution is 6.18. The summed E-state index contributed by atoms with van der Waals surface area (Å²) in [5.41, 5.74) is 39.3. The summed E-state index contributed by atoms with van der Waals surface area (Å²) in [7, 11) is 0. The van der Waals surface area contributed by atoms with Gasteiger partial charge in [-0.05, 0) is 205 Å². The minimum Gasteiger partial charge on any atom is -0.455 e. The molecule has 0 radical (unpaired) electrons. The van der Waals surface area contributed by atoms with E-state index in [0.717, 1.165) is 33.5 Å². The van der Waals surface area contributed by atoms with E-state index < -0.39 is 0 Å². The van der Waals surface area contributed by atoms with Crippen molar-refractivity contribution in [2.75, 3.05) is 0 Å². The number of hydrogen-bond acceptors (Lipinski definition) is 3. The average molecular weight is 1580 g/mol. The molecule has 3 aliphatic rings. The second-order valence-electron chi connectivity index (χ2n) is 35.3. The molecule has 0 spiro atoms. The Labute approximate surface area is 710 Å². The predicted molar refractivity (Wildman–Crippen MR) is 513 cm³/mol. The third-order valence-corrected chi connectivity index (χ3v) is 27.6. The van der Waals surface area contributed by atoms with Crippen LogP contribution in [0.15, 0.2) is 395 Å². The second-order valence-corrected chi connectivity index (χ2v) is 35.3. The Bertz CT molecular complexity index is 8580. The molecule has 6 heterocycles. The topological polar surface area (TPSA) is 54.2 Å². The van der Waals surface area contributed by atoms with E-state index in [2.05, 4.69) is 419 Å². The molecular weight excluding hydrogens is 1500 g/mol. The highest BCUT2D eigenvalue weighted by Crippen LogP contribution is 2.58. The Kier molecular flexibility index (Phi) is 15.2. The fourth-order valence-corrected chi connectivity index (χ4v) is 21.6. The molecule has 3 aliphatic carbocycles. The van der Waals surface area contributed by atoms with Crippen LogP contribution in [-0.4, -0.2) is 13.7 Å². The Hall–Kier alpha value is -15.2. The van der Waals surface area contributed by atoms with Gasteiger partial charge in [0.15, 0.2) is 0 Å². The van der Waals surface area contributed by atoms with Crippen molar-refractivity contribution in [3.8, 4) is 83.8 Å². The monoisotopic (exact) mass is 1580 g/mol. The summed E-state index contributed by atoms with van der Waals surface area (Å²) in [6.45, 7) is 14.0. The zero-order valence-corrected chi connectivity index (χ0v) is 68.9. The normalized spacial score (nSPS) is 13.8. The van der Waals surface area contributed by atoms with Crippen molar-refractivity contribution in [2.45, 2.75) is 57.8 Å². The van der Waals surface area contributed by atoms with Gasteiger partial charge in [0, 0.05) is 115 Å². The predicted octanol–water partition coefficient (Wildman–Crippen LogP) is 32.0. The lowest BCUT2D eigenvalue weighted by molar-refractivity contribution is 0.653. The molecule has 6 nitrogen and oxygen atoms in total. The maximum atomic E-state index is 6.54. The first-order valence-corrected chi connectivity index (χ1v) is 42.8. The molecule has 6 heteroatoms. The van der Waals surface area contributed by atoms with Gasteiger partial charge in [-0.25, -0.2) is 0 Å². The number of para-hydroxylation sites is 9. The van der Waals surface area contributed by atoms with Crippen molar-refractivity contribution in [3.63, 3.8) is 0 Å². The molecule has 18 aromatic carbocycles. The molecular formula is C117H81N3O3. The Morgan fingerprint density at radius 3 is 0.878 bits per heavy atom. The van der Waals surface area contributed by atoms with Crippen LogP contribution < -0.4 is 0 Å². The van der Waals surface area contributed by atoms with Gasteiger partial charge in [-0.2, -0.15) is 0 Å². The third-order valence-electron chi connectivity index (χ3n) is 27.6. The lowest BCUT2D eigenvalue weighted by Crippen LogP contribution is -2.14. The van der Waals surface area contributed by atoms with Crippen molar-refractivity contribution in [1.82, 2.24) is 13.7 Å². The van der Waals surface area contributed by atoms with Gasteiger partial charge in [0.25, 0.3) is 0 Å². The first kappa shape index (κ1) is 70.7. The number of benzene rings is 18. The SMILES string of the molecule is CC1(C)c2cc(-c3ccc4c(c3)c3ccccc3n4-c3ccccc3)ccc2-c2c1ccc1c2oc2ccccc21.CC1(C)c2cc(-c3ccc4c5ccccc5n(-c5ccccc5)c4c3)ccc2-c2c1ccc1c2oc2ccccc21.CC1(C)c2ccc(-c3ccc4c(c3)c3ccccc3n4-c3ccccc3)cc2-c2c1ccc1c2oc2ccccc21. The first-order chi connectivity index (χ1) is 60.3. The minimum atomic E-state index is -0.128. The third kappa shape index (κ3) is 10.4. The molecule has 6 aromatic heterocycles. The Morgan fingerprint density at radius 2 is 0.455 bits per heavy atom. The van der Waals surface area contributed by atoms with Crippen molar-refractivity contribution < 1.29 is 13.3 Å². The van der Waals surface area contributed by atoms with Gasteiger partial charge in [-0.15, -0.1) is 0 Å². The highest BCUT2D eigenvalue weighted by atomic mass is 16.3. The van der Waals surface area contributed by atoms with Crippen LogP contribution in [0.2, 0.25) is 0 Å². The summed E-state index contributed by atoms with van der Waals surface area (Å²) in [4.78, 5) is 0. The summed E-state index contributed by atoms with van der Waals surface area (Å²) < 4.78 is 26.6. The Morgan fingerprint density at radius 1 is 0.179 bits per heavy atom. The first-order valence-electron chi connectivity index (χ1n) is 42.8. The van der Waals surface area contributed by atoms with Gasteiger partial charge in [0.05, 0.1) is 33.1 Å². The van der Waals surface area contributed by atoms with Gasteiger partial charge < -0.3 is 27.0 Å². The van der Waals surface area contributed by atoms with Gasteiger partial charge >= 0.3 is 0 Å². The molecule has 0 unspecified atom stereocenters. The van der Waals surface area contributed by atoms with E-state index in [0.29, 0.717) is 0 Å². The molecule has 582 valence electrons. The lowest BCUT2D eigenvalue weighted by Gasteiger charge is -2.22. The Balaban J connectivity index is 0.000000101. The quantitative estimate of drug-likeness (QED) is 0.167. The molecule has 0 amide bonds. The van der Waals surface area contributed by atoms with Crippen LogP contribution in [0.5, 0.6) is 0 Å². The van der Waals surface area contributed by atoms with Crippen LogP contribution in [0.3, 0.4) is 0 Å². The van der Waals surface area contributed by atoms with Crippen LogP contribution in [0.1, 0.15) is 74.9 Å². The molecule has 0 aliphatic heterocycles. The second kappa shape index (κ2) is 26.4. The van der Waals surface area contributed by atoms with Crippen molar-refractivity contribution in [1.29, 1.82) is 0 Å². The highest BCUT2D eigenvalue weighted by Gasteiger charge is 2.42. The van der Waals surface area contributed by atoms with Crippen LogP contribution in [-0.2, 0) is 16.2 Å². The summed E-state index contributed by atoms with van der Waals surface area (Å²) in [5, 5.41) is 14.7. The van der Waals surface area contributed by atoms with Gasteiger partial charge in [-0.3, -0.25) is 0 Å². The summed E-state index contributed by atoms with van der Waals surface area (Å²) in [6.07, 6.45) is 0. The molecule has 0 N–H and O–H groups in total. The molecule has 24 aromatic rings. The van der Waals surface area contributed by atoms with Crippen molar-refractivity contribution in [3.05, 3.63) is 416 Å². The van der Waals surface area contributed by atoms with Crippen molar-refractivity contribution in [2.24, 2.45) is 0 Å². The largest absolute Gasteiger partial charge is 0.455 e. The van der Waals surface area contributed by atoms with E-state index in [9.17, 15) is 0 Å². The van der Waals surface area contributed by atoms with Gasteiger partial charge in [0.2, 0.25) is 0 Å². The number of hydrogen-bond donors (Lipinski definition) is 0. The van der Waals surface area contributed by atoms with Crippen LogP contribution >= 0.6 is 0 Å². The summed E-state index contributed by atoms with van der Waals surface area (Å²) in [5.74, 6) is 0. The minimum absolute atomic E-state index is 0.0938. The number of nitrogens with zero attached hydrogens (tertiary/aromatic N) is 3. The fraction of sp³-hybridized carbons (Fsp3) is 0.0769. The summed E-state index contributed by atoms with van der Waals surface area (Å²) >= 11 is 0. The van der Waals surface area contributed by atoms with E-state index in [1.807, 2.05) is 18.2 Å². The number of fused-ring (bicyclic) bond motifs is 30. The molecule has 123 heavy (non-hydrogen) atoms. The van der Waals surface area contributed by atoms with E-state index in [1.165, 1.54) is 215 Å².